The summed E-state index contributed by atoms with van der Waals surface area (Å²) < 4.78 is 59.2. The lowest BCUT2D eigenvalue weighted by Gasteiger charge is -2.29. The van der Waals surface area contributed by atoms with Crippen LogP contribution in [0, 0.1) is 24.0 Å². The Hall–Kier alpha value is -4.23. The lowest BCUT2D eigenvalue weighted by atomic mass is 9.93. The van der Waals surface area contributed by atoms with Crippen LogP contribution in [0.1, 0.15) is 31.5 Å². The summed E-state index contributed by atoms with van der Waals surface area (Å²) in [7, 11) is -3.28. The number of anilines is 4. The highest BCUT2D eigenvalue weighted by molar-refractivity contribution is 7.89. The first-order valence-electron chi connectivity index (χ1n) is 14.6. The second-order valence-electron chi connectivity index (χ2n) is 12.5. The summed E-state index contributed by atoms with van der Waals surface area (Å²) >= 11 is 0. The van der Waals surface area contributed by atoms with Gasteiger partial charge in [0, 0.05) is 79.6 Å². The molecule has 4 aromatic rings. The highest BCUT2D eigenvalue weighted by Gasteiger charge is 2.38. The smallest absolute Gasteiger partial charge is 0.228 e. The maximum Gasteiger partial charge on any atom is 0.228 e. The summed E-state index contributed by atoms with van der Waals surface area (Å²) in [6.07, 6.45) is 4.73. The molecule has 0 unspecified atom stereocenters. The van der Waals surface area contributed by atoms with Gasteiger partial charge in [0.25, 0.3) is 0 Å². The number of pyridine rings is 3. The Morgan fingerprint density at radius 2 is 1.82 bits per heavy atom. The predicted molar refractivity (Wildman–Crippen MR) is 169 cm³/mol. The van der Waals surface area contributed by atoms with Gasteiger partial charge in [-0.15, -0.1) is 0 Å². The largest absolute Gasteiger partial charge is 0.378 e. The Balaban J connectivity index is 1.51. The number of nitrogens with one attached hydrogen (secondary N) is 1. The van der Waals surface area contributed by atoms with Crippen molar-refractivity contribution in [3.8, 4) is 11.1 Å². The number of carbonyl (C=O) groups excluding carboxylic acids is 1. The van der Waals surface area contributed by atoms with Gasteiger partial charge in [-0.3, -0.25) is 14.7 Å². The molecule has 1 amide bonds. The van der Waals surface area contributed by atoms with Crippen LogP contribution in [-0.2, 0) is 25.1 Å². The van der Waals surface area contributed by atoms with E-state index in [1.165, 1.54) is 0 Å². The molecule has 0 bridgehead atoms. The van der Waals surface area contributed by atoms with Gasteiger partial charge in [0.1, 0.15) is 23.3 Å². The fourth-order valence-corrected chi connectivity index (χ4v) is 6.61. The standard InChI is InChI=1S/C32H34F2N6O4S/c1-19-30(29-24(34)11-21(33)12-26(29)38-31(19)40-18-32(2,3)14-28(40)41)37-25-13-27(39-7-9-44-10-8-39)36-16-23(25)20-5-6-22(35-15-20)17-45(4,42)43/h5-6,11-13,15-16H,7-10,14,17-18H2,1-4H3,(H,36,37,38). The van der Waals surface area contributed by atoms with Crippen molar-refractivity contribution in [3.63, 3.8) is 0 Å². The molecule has 1 N–H and O–H groups in total. The fourth-order valence-electron chi connectivity index (χ4n) is 5.90. The third-order valence-electron chi connectivity index (χ3n) is 8.02. The van der Waals surface area contributed by atoms with Crippen molar-refractivity contribution < 1.29 is 26.7 Å². The summed E-state index contributed by atoms with van der Waals surface area (Å²) in [6.45, 7) is 8.52. The molecule has 0 aliphatic carbocycles. The summed E-state index contributed by atoms with van der Waals surface area (Å²) in [5.74, 6) is -0.872. The zero-order valence-corrected chi connectivity index (χ0v) is 26.3. The van der Waals surface area contributed by atoms with Crippen LogP contribution in [0.4, 0.5) is 31.8 Å². The molecule has 3 aromatic heterocycles. The molecule has 13 heteroatoms. The monoisotopic (exact) mass is 636 g/mol. The van der Waals surface area contributed by atoms with Crippen LogP contribution >= 0.6 is 0 Å². The number of nitrogens with zero attached hydrogens (tertiary/aromatic N) is 5. The van der Waals surface area contributed by atoms with Crippen LogP contribution in [0.15, 0.2) is 42.7 Å². The molecule has 0 atom stereocenters. The first-order chi connectivity index (χ1) is 21.3. The summed E-state index contributed by atoms with van der Waals surface area (Å²) in [5, 5.41) is 3.50. The molecule has 45 heavy (non-hydrogen) atoms. The number of benzene rings is 1. The molecule has 2 fully saturated rings. The zero-order chi connectivity index (χ0) is 32.1. The van der Waals surface area contributed by atoms with E-state index >= 15 is 4.39 Å². The van der Waals surface area contributed by atoms with Crippen molar-refractivity contribution in [1.82, 2.24) is 15.0 Å². The highest BCUT2D eigenvalue weighted by atomic mass is 32.2. The van der Waals surface area contributed by atoms with Crippen LogP contribution < -0.4 is 15.1 Å². The van der Waals surface area contributed by atoms with E-state index in [2.05, 4.69) is 20.2 Å². The lowest BCUT2D eigenvalue weighted by molar-refractivity contribution is -0.117. The molecule has 0 spiro atoms. The molecule has 2 saturated heterocycles. The summed E-state index contributed by atoms with van der Waals surface area (Å²) in [6, 6.07) is 7.23. The number of sulfone groups is 1. The topological polar surface area (TPSA) is 118 Å². The molecular weight excluding hydrogens is 602 g/mol. The molecule has 2 aliphatic rings. The van der Waals surface area contributed by atoms with Crippen LogP contribution in [0.25, 0.3) is 22.0 Å². The number of halogens is 2. The summed E-state index contributed by atoms with van der Waals surface area (Å²) in [5.41, 5.74) is 2.88. The first kappa shape index (κ1) is 30.8. The van der Waals surface area contributed by atoms with E-state index in [1.807, 2.05) is 19.9 Å². The Morgan fingerprint density at radius 3 is 2.47 bits per heavy atom. The molecule has 1 aromatic carbocycles. The van der Waals surface area contributed by atoms with Gasteiger partial charge in [-0.2, -0.15) is 0 Å². The summed E-state index contributed by atoms with van der Waals surface area (Å²) in [4.78, 5) is 30.4. The average molecular weight is 637 g/mol. The number of hydrogen-bond acceptors (Lipinski definition) is 9. The molecule has 0 radical (unpaired) electrons. The van der Waals surface area contributed by atoms with Gasteiger partial charge in [0.05, 0.1) is 46.9 Å². The van der Waals surface area contributed by atoms with Gasteiger partial charge in [-0.05, 0) is 18.4 Å². The Morgan fingerprint density at radius 1 is 1.07 bits per heavy atom. The fraction of sp³-hybridized carbons (Fsp3) is 0.375. The van der Waals surface area contributed by atoms with Crippen molar-refractivity contribution in [2.75, 3.05) is 54.2 Å². The third kappa shape index (κ3) is 6.45. The van der Waals surface area contributed by atoms with Gasteiger partial charge in [0.2, 0.25) is 5.91 Å². The number of hydrogen-bond donors (Lipinski definition) is 1. The Labute approximate surface area is 260 Å². The van der Waals surface area contributed by atoms with Crippen molar-refractivity contribution in [1.29, 1.82) is 0 Å². The number of carbonyl (C=O) groups is 1. The quantitative estimate of drug-likeness (QED) is 0.293. The van der Waals surface area contributed by atoms with Crippen molar-refractivity contribution in [3.05, 3.63) is 65.6 Å². The van der Waals surface area contributed by atoms with Crippen LogP contribution in [-0.4, -0.2) is 68.4 Å². The SMILES string of the molecule is Cc1c(N2CC(C)(C)CC2=O)nc2cc(F)cc(F)c2c1Nc1cc(N2CCOCC2)ncc1-c1ccc(CS(C)(=O)=O)nc1. The minimum absolute atomic E-state index is 0.0731. The Bertz CT molecular complexity index is 1910. The second-order valence-corrected chi connectivity index (χ2v) is 14.6. The van der Waals surface area contributed by atoms with E-state index in [1.54, 1.807) is 36.4 Å². The predicted octanol–water partition coefficient (Wildman–Crippen LogP) is 5.17. The molecular formula is C32H34F2N6O4S. The first-order valence-corrected chi connectivity index (χ1v) is 16.7. The molecule has 6 rings (SSSR count). The van der Waals surface area contributed by atoms with E-state index in [0.717, 1.165) is 18.4 Å². The van der Waals surface area contributed by atoms with Crippen LogP contribution in [0.5, 0.6) is 0 Å². The molecule has 10 nitrogen and oxygen atoms in total. The second kappa shape index (κ2) is 11.6. The van der Waals surface area contributed by atoms with Gasteiger partial charge in [-0.25, -0.2) is 27.2 Å². The number of ether oxygens (including phenoxy) is 1. The number of amides is 1. The minimum Gasteiger partial charge on any atom is -0.378 e. The molecule has 5 heterocycles. The van der Waals surface area contributed by atoms with E-state index < -0.39 is 21.5 Å². The third-order valence-corrected chi connectivity index (χ3v) is 8.84. The number of rotatable bonds is 7. The van der Waals surface area contributed by atoms with Gasteiger partial charge in [-0.1, -0.05) is 19.9 Å². The van der Waals surface area contributed by atoms with Gasteiger partial charge in [0.15, 0.2) is 9.84 Å². The number of fused-ring (bicyclic) bond motifs is 1. The van der Waals surface area contributed by atoms with Gasteiger partial charge >= 0.3 is 0 Å². The average Bonchev–Trinajstić information content (AvgIpc) is 3.25. The van der Waals surface area contributed by atoms with Gasteiger partial charge < -0.3 is 15.0 Å². The maximum absolute atomic E-state index is 15.6. The zero-order valence-electron chi connectivity index (χ0n) is 25.5. The van der Waals surface area contributed by atoms with Crippen LogP contribution in [0.3, 0.4) is 0 Å². The number of aromatic nitrogens is 3. The van der Waals surface area contributed by atoms with E-state index in [0.29, 0.717) is 84.7 Å². The number of morpholine rings is 1. The normalized spacial score (nSPS) is 16.9. The van der Waals surface area contributed by atoms with E-state index in [-0.39, 0.29) is 28.0 Å². The van der Waals surface area contributed by atoms with Crippen LogP contribution in [0.2, 0.25) is 0 Å². The van der Waals surface area contributed by atoms with Crippen molar-refractivity contribution >= 4 is 49.7 Å². The Kier molecular flexibility index (Phi) is 7.94. The molecule has 0 saturated carbocycles. The lowest BCUT2D eigenvalue weighted by Crippen LogP contribution is -2.36. The van der Waals surface area contributed by atoms with E-state index in [4.69, 9.17) is 9.72 Å². The highest BCUT2D eigenvalue weighted by Crippen LogP contribution is 2.42. The minimum atomic E-state index is -3.28. The van der Waals surface area contributed by atoms with Crippen molar-refractivity contribution in [2.45, 2.75) is 32.9 Å². The molecule has 2 aliphatic heterocycles. The maximum atomic E-state index is 15.6. The van der Waals surface area contributed by atoms with E-state index in [9.17, 15) is 17.6 Å². The molecule has 236 valence electrons. The van der Waals surface area contributed by atoms with Crippen molar-refractivity contribution in [2.24, 2.45) is 5.41 Å².